The molecule has 0 aliphatic heterocycles. The number of amides is 1. The van der Waals surface area contributed by atoms with Gasteiger partial charge < -0.3 is 10.1 Å². The molecule has 0 aromatic heterocycles. The molecule has 1 amide bonds. The maximum absolute atomic E-state index is 13.5. The van der Waals surface area contributed by atoms with Crippen LogP contribution in [0.2, 0.25) is 0 Å². The van der Waals surface area contributed by atoms with E-state index in [1.165, 1.54) is 19.1 Å². The van der Waals surface area contributed by atoms with Crippen molar-refractivity contribution in [2.75, 3.05) is 11.9 Å². The number of nitrogens with one attached hydrogen (secondary N) is 2. The number of rotatable bonds is 7. The maximum Gasteiger partial charge on any atom is 0.324 e. The van der Waals surface area contributed by atoms with Gasteiger partial charge in [0.25, 0.3) is 5.91 Å². The summed E-state index contributed by atoms with van der Waals surface area (Å²) in [5.74, 6) is -3.54. The third kappa shape index (κ3) is 5.83. The summed E-state index contributed by atoms with van der Waals surface area (Å²) in [4.78, 5) is 23.6. The molecular weight excluding hydrogens is 394 g/mol. The van der Waals surface area contributed by atoms with Gasteiger partial charge >= 0.3 is 5.97 Å². The molecule has 28 heavy (non-hydrogen) atoms. The van der Waals surface area contributed by atoms with E-state index < -0.39 is 51.9 Å². The van der Waals surface area contributed by atoms with E-state index in [2.05, 4.69) is 10.0 Å². The average Bonchev–Trinajstić information content (AvgIpc) is 2.62. The predicted molar refractivity (Wildman–Crippen MR) is 96.9 cm³/mol. The standard InChI is InChI=1S/C18H18F2N2O5S/c1-11-3-6-14(7-4-11)28(25,26)22-12(2)18(24)27-10-17(23)21-16-9-13(19)5-8-15(16)20/h3-9,12,22H,10H2,1-2H3,(H,21,23). The second kappa shape index (κ2) is 8.89. The highest BCUT2D eigenvalue weighted by Crippen LogP contribution is 2.15. The Bertz CT molecular complexity index is 978. The molecule has 1 atom stereocenters. The molecule has 0 aliphatic rings. The summed E-state index contributed by atoms with van der Waals surface area (Å²) >= 11 is 0. The Balaban J connectivity index is 1.90. The molecule has 2 rings (SSSR count). The Morgan fingerprint density at radius 3 is 2.39 bits per heavy atom. The van der Waals surface area contributed by atoms with Crippen LogP contribution in [0.4, 0.5) is 14.5 Å². The van der Waals surface area contributed by atoms with Crippen LogP contribution in [0.25, 0.3) is 0 Å². The smallest absolute Gasteiger partial charge is 0.324 e. The van der Waals surface area contributed by atoms with Gasteiger partial charge in [-0.05, 0) is 38.1 Å². The topological polar surface area (TPSA) is 102 Å². The first-order valence-corrected chi connectivity index (χ1v) is 9.57. The zero-order valence-electron chi connectivity index (χ0n) is 15.0. The van der Waals surface area contributed by atoms with Crippen LogP contribution in [-0.4, -0.2) is 32.9 Å². The monoisotopic (exact) mass is 412 g/mol. The normalized spacial score (nSPS) is 12.3. The van der Waals surface area contributed by atoms with Crippen molar-refractivity contribution in [1.29, 1.82) is 0 Å². The number of hydrogen-bond acceptors (Lipinski definition) is 5. The van der Waals surface area contributed by atoms with E-state index >= 15 is 0 Å². The Labute approximate surface area is 160 Å². The van der Waals surface area contributed by atoms with Crippen molar-refractivity contribution >= 4 is 27.6 Å². The summed E-state index contributed by atoms with van der Waals surface area (Å²) < 4.78 is 57.8. The van der Waals surface area contributed by atoms with Crippen LogP contribution >= 0.6 is 0 Å². The predicted octanol–water partition coefficient (Wildman–Crippen LogP) is 2.12. The molecule has 7 nitrogen and oxygen atoms in total. The Morgan fingerprint density at radius 1 is 1.11 bits per heavy atom. The first kappa shape index (κ1) is 21.5. The van der Waals surface area contributed by atoms with Gasteiger partial charge in [0, 0.05) is 6.07 Å². The number of esters is 1. The van der Waals surface area contributed by atoms with Gasteiger partial charge in [-0.3, -0.25) is 9.59 Å². The highest BCUT2D eigenvalue weighted by molar-refractivity contribution is 7.89. The van der Waals surface area contributed by atoms with Gasteiger partial charge in [0.15, 0.2) is 6.61 Å². The number of aryl methyl sites for hydroxylation is 1. The fourth-order valence-electron chi connectivity index (χ4n) is 2.11. The van der Waals surface area contributed by atoms with Crippen LogP contribution in [0.3, 0.4) is 0 Å². The van der Waals surface area contributed by atoms with E-state index in [1.807, 2.05) is 0 Å². The summed E-state index contributed by atoms with van der Waals surface area (Å²) in [6.45, 7) is 2.24. The molecule has 0 bridgehead atoms. The fraction of sp³-hybridized carbons (Fsp3) is 0.222. The summed E-state index contributed by atoms with van der Waals surface area (Å²) in [6.07, 6.45) is 0. The van der Waals surface area contributed by atoms with Gasteiger partial charge in [-0.1, -0.05) is 17.7 Å². The molecule has 0 radical (unpaired) electrons. The lowest BCUT2D eigenvalue weighted by atomic mass is 10.2. The van der Waals surface area contributed by atoms with E-state index in [4.69, 9.17) is 4.74 Å². The van der Waals surface area contributed by atoms with Crippen LogP contribution in [0.1, 0.15) is 12.5 Å². The number of carbonyl (C=O) groups excluding carboxylic acids is 2. The van der Waals surface area contributed by atoms with Crippen molar-refractivity contribution in [1.82, 2.24) is 4.72 Å². The van der Waals surface area contributed by atoms with Crippen molar-refractivity contribution < 1.29 is 31.5 Å². The van der Waals surface area contributed by atoms with Crippen molar-refractivity contribution in [3.8, 4) is 0 Å². The minimum Gasteiger partial charge on any atom is -0.454 e. The number of benzene rings is 2. The molecule has 0 spiro atoms. The van der Waals surface area contributed by atoms with Gasteiger partial charge in [0.1, 0.15) is 17.7 Å². The molecule has 0 saturated carbocycles. The Morgan fingerprint density at radius 2 is 1.75 bits per heavy atom. The quantitative estimate of drug-likeness (QED) is 0.679. The number of sulfonamides is 1. The van der Waals surface area contributed by atoms with Crippen molar-refractivity contribution in [3.63, 3.8) is 0 Å². The third-order valence-corrected chi connectivity index (χ3v) is 5.12. The van der Waals surface area contributed by atoms with E-state index in [0.29, 0.717) is 0 Å². The van der Waals surface area contributed by atoms with Crippen molar-refractivity contribution in [2.45, 2.75) is 24.8 Å². The van der Waals surface area contributed by atoms with Gasteiger partial charge in [-0.25, -0.2) is 17.2 Å². The van der Waals surface area contributed by atoms with Crippen molar-refractivity contribution in [3.05, 3.63) is 59.7 Å². The number of carbonyl (C=O) groups is 2. The van der Waals surface area contributed by atoms with Crippen LogP contribution in [-0.2, 0) is 24.3 Å². The summed E-state index contributed by atoms with van der Waals surface area (Å²) in [5.41, 5.74) is 0.460. The summed E-state index contributed by atoms with van der Waals surface area (Å²) in [5, 5.41) is 2.05. The van der Waals surface area contributed by atoms with Gasteiger partial charge in [-0.15, -0.1) is 0 Å². The Hall–Kier alpha value is -2.85. The molecule has 0 heterocycles. The summed E-state index contributed by atoms with van der Waals surface area (Å²) in [7, 11) is -3.96. The fourth-order valence-corrected chi connectivity index (χ4v) is 3.30. The number of ether oxygens (including phenoxy) is 1. The second-order valence-electron chi connectivity index (χ2n) is 5.94. The molecule has 2 aromatic rings. The van der Waals surface area contributed by atoms with Gasteiger partial charge in [0.05, 0.1) is 10.6 Å². The first-order valence-electron chi connectivity index (χ1n) is 8.09. The number of hydrogen-bond donors (Lipinski definition) is 2. The third-order valence-electron chi connectivity index (χ3n) is 3.56. The molecule has 0 fully saturated rings. The van der Waals surface area contributed by atoms with E-state index in [9.17, 15) is 26.8 Å². The lowest BCUT2D eigenvalue weighted by molar-refractivity contribution is -0.148. The van der Waals surface area contributed by atoms with Crippen LogP contribution in [0.15, 0.2) is 47.4 Å². The van der Waals surface area contributed by atoms with Gasteiger partial charge in [-0.2, -0.15) is 4.72 Å². The van der Waals surface area contributed by atoms with E-state index in [1.54, 1.807) is 19.1 Å². The second-order valence-corrected chi connectivity index (χ2v) is 7.65. The summed E-state index contributed by atoms with van der Waals surface area (Å²) in [6, 6.07) is 7.19. The first-order chi connectivity index (χ1) is 13.1. The molecular formula is C18H18F2N2O5S. The Kier molecular flexibility index (Phi) is 6.81. The molecule has 1 unspecified atom stereocenters. The average molecular weight is 412 g/mol. The van der Waals surface area contributed by atoms with Crippen LogP contribution in [0.5, 0.6) is 0 Å². The number of halogens is 2. The van der Waals surface area contributed by atoms with Crippen LogP contribution < -0.4 is 10.0 Å². The van der Waals surface area contributed by atoms with E-state index in [0.717, 1.165) is 23.8 Å². The maximum atomic E-state index is 13.5. The minimum atomic E-state index is -3.96. The highest BCUT2D eigenvalue weighted by atomic mass is 32.2. The highest BCUT2D eigenvalue weighted by Gasteiger charge is 2.23. The number of anilines is 1. The SMILES string of the molecule is Cc1ccc(S(=O)(=O)NC(C)C(=O)OCC(=O)Nc2cc(F)ccc2F)cc1. The lowest BCUT2D eigenvalue weighted by Crippen LogP contribution is -2.40. The van der Waals surface area contributed by atoms with Crippen molar-refractivity contribution in [2.24, 2.45) is 0 Å². The zero-order valence-corrected chi connectivity index (χ0v) is 15.8. The molecule has 2 N–H and O–H groups in total. The largest absolute Gasteiger partial charge is 0.454 e. The van der Waals surface area contributed by atoms with Crippen LogP contribution in [0, 0.1) is 18.6 Å². The lowest BCUT2D eigenvalue weighted by Gasteiger charge is -2.14. The molecule has 150 valence electrons. The minimum absolute atomic E-state index is 0.0305. The molecule has 0 saturated heterocycles. The molecule has 0 aliphatic carbocycles. The molecule has 2 aromatic carbocycles. The van der Waals surface area contributed by atoms with Gasteiger partial charge in [0.2, 0.25) is 10.0 Å². The zero-order chi connectivity index (χ0) is 20.9. The molecule has 10 heteroatoms. The van der Waals surface area contributed by atoms with E-state index in [-0.39, 0.29) is 4.90 Å².